The Bertz CT molecular complexity index is 135. The molecule has 0 rings (SSSR count). The summed E-state index contributed by atoms with van der Waals surface area (Å²) in [5, 5.41) is 0. The van der Waals surface area contributed by atoms with E-state index in [4.69, 9.17) is 0 Å². The third-order valence-corrected chi connectivity index (χ3v) is 10.8. The molecular formula is C16H34Si3. The van der Waals surface area contributed by atoms with Gasteiger partial charge in [-0.1, -0.05) is 103 Å². The van der Waals surface area contributed by atoms with E-state index in [1.807, 2.05) is 0 Å². The summed E-state index contributed by atoms with van der Waals surface area (Å²) in [7, 11) is 3.91. The Morgan fingerprint density at radius 1 is 0.474 bits per heavy atom. The Kier molecular flexibility index (Phi) is 19.3. The fourth-order valence-corrected chi connectivity index (χ4v) is 8.96. The van der Waals surface area contributed by atoms with Crippen LogP contribution in [0.5, 0.6) is 0 Å². The summed E-state index contributed by atoms with van der Waals surface area (Å²) in [6, 6.07) is 3.07. The zero-order chi connectivity index (χ0) is 14.0. The van der Waals surface area contributed by atoms with Crippen molar-refractivity contribution in [3.05, 3.63) is 0 Å². The quantitative estimate of drug-likeness (QED) is 0.261. The Morgan fingerprint density at radius 2 is 0.842 bits per heavy atom. The van der Waals surface area contributed by atoms with E-state index in [0.717, 1.165) is 0 Å². The number of unbranched alkanes of at least 4 members (excludes halogenated alkanes) is 10. The summed E-state index contributed by atoms with van der Waals surface area (Å²) < 4.78 is 0. The minimum Gasteiger partial charge on any atom is -0.0654 e. The summed E-state index contributed by atoms with van der Waals surface area (Å²) in [5.41, 5.74) is 0. The van der Waals surface area contributed by atoms with Crippen LogP contribution in [0.4, 0.5) is 0 Å². The standard InChI is InChI=1S/C16H34Si3/c1-3-5-7-9-11-13-15-17-19-18-16-14-12-10-8-6-4-2/h3-16H2,1-2H3. The van der Waals surface area contributed by atoms with Crippen molar-refractivity contribution >= 4 is 26.6 Å². The van der Waals surface area contributed by atoms with Gasteiger partial charge in [-0.15, -0.1) is 0 Å². The maximum absolute atomic E-state index is 2.30. The third kappa shape index (κ3) is 18.7. The van der Waals surface area contributed by atoms with Crippen LogP contribution in [0.15, 0.2) is 0 Å². The van der Waals surface area contributed by atoms with Crippen molar-refractivity contribution in [2.45, 2.75) is 103 Å². The van der Waals surface area contributed by atoms with Crippen molar-refractivity contribution in [3.63, 3.8) is 0 Å². The average molecular weight is 311 g/mol. The molecule has 0 spiro atoms. The molecule has 0 heterocycles. The van der Waals surface area contributed by atoms with E-state index >= 15 is 0 Å². The van der Waals surface area contributed by atoms with Crippen molar-refractivity contribution in [3.8, 4) is 0 Å². The minimum atomic E-state index is 1.30. The van der Waals surface area contributed by atoms with Crippen LogP contribution < -0.4 is 0 Å². The highest BCUT2D eigenvalue weighted by molar-refractivity contribution is 7.29. The van der Waals surface area contributed by atoms with Gasteiger partial charge in [-0.25, -0.2) is 0 Å². The normalized spacial score (nSPS) is 11.1. The van der Waals surface area contributed by atoms with Crippen molar-refractivity contribution in [1.29, 1.82) is 0 Å². The molecule has 3 heteroatoms. The van der Waals surface area contributed by atoms with Gasteiger partial charge in [0, 0.05) is 26.6 Å². The smallest absolute Gasteiger partial charge is 0.0183 e. The average Bonchev–Trinajstić information content (AvgIpc) is 2.43. The molecule has 0 atom stereocenters. The van der Waals surface area contributed by atoms with Crippen LogP contribution in [0.2, 0.25) is 12.1 Å². The highest BCUT2D eigenvalue weighted by Gasteiger charge is 1.95. The monoisotopic (exact) mass is 310 g/mol. The van der Waals surface area contributed by atoms with E-state index in [1.54, 1.807) is 0 Å². The minimum absolute atomic E-state index is 1.30. The second-order valence-electron chi connectivity index (χ2n) is 5.51. The molecule has 0 aromatic rings. The second kappa shape index (κ2) is 18.7. The molecule has 0 fully saturated rings. The number of hydrogen-bond acceptors (Lipinski definition) is 0. The summed E-state index contributed by atoms with van der Waals surface area (Å²) in [5.74, 6) is 0. The first-order valence-corrected chi connectivity index (χ1v) is 14.0. The Labute approximate surface area is 130 Å². The van der Waals surface area contributed by atoms with Crippen LogP contribution in [-0.2, 0) is 0 Å². The molecular weight excluding hydrogens is 276 g/mol. The predicted octanol–water partition coefficient (Wildman–Crippen LogP) is 5.49. The fraction of sp³-hybridized carbons (Fsp3) is 1.00. The van der Waals surface area contributed by atoms with Gasteiger partial charge in [0.25, 0.3) is 0 Å². The van der Waals surface area contributed by atoms with Gasteiger partial charge >= 0.3 is 0 Å². The van der Waals surface area contributed by atoms with Crippen LogP contribution in [-0.4, -0.2) is 26.6 Å². The van der Waals surface area contributed by atoms with Crippen molar-refractivity contribution in [2.24, 2.45) is 0 Å². The van der Waals surface area contributed by atoms with E-state index in [0.29, 0.717) is 0 Å². The molecule has 6 radical (unpaired) electrons. The Balaban J connectivity index is 2.88. The molecule has 19 heavy (non-hydrogen) atoms. The molecule has 0 nitrogen and oxygen atoms in total. The molecule has 0 saturated heterocycles. The maximum atomic E-state index is 2.30. The Hall–Kier alpha value is 0.651. The van der Waals surface area contributed by atoms with Crippen LogP contribution in [0.3, 0.4) is 0 Å². The van der Waals surface area contributed by atoms with Gasteiger partial charge in [0.05, 0.1) is 0 Å². The first-order valence-electron chi connectivity index (χ1n) is 8.62. The number of hydrogen-bond donors (Lipinski definition) is 0. The molecule has 0 aliphatic rings. The summed E-state index contributed by atoms with van der Waals surface area (Å²) >= 11 is 0. The molecule has 0 N–H and O–H groups in total. The molecule has 0 saturated carbocycles. The van der Waals surface area contributed by atoms with E-state index in [2.05, 4.69) is 13.8 Å². The molecule has 110 valence electrons. The zero-order valence-electron chi connectivity index (χ0n) is 13.4. The predicted molar refractivity (Wildman–Crippen MR) is 93.6 cm³/mol. The van der Waals surface area contributed by atoms with Gasteiger partial charge in [-0.05, 0) is 0 Å². The lowest BCUT2D eigenvalue weighted by atomic mass is 10.1. The lowest BCUT2D eigenvalue weighted by Gasteiger charge is -2.01. The van der Waals surface area contributed by atoms with E-state index in [1.165, 1.54) is 116 Å². The molecule has 0 aliphatic carbocycles. The van der Waals surface area contributed by atoms with Gasteiger partial charge in [0.15, 0.2) is 0 Å². The van der Waals surface area contributed by atoms with Gasteiger partial charge in [-0.3, -0.25) is 0 Å². The van der Waals surface area contributed by atoms with Crippen molar-refractivity contribution in [1.82, 2.24) is 0 Å². The molecule has 0 aliphatic heterocycles. The van der Waals surface area contributed by atoms with Crippen LogP contribution in [0, 0.1) is 0 Å². The summed E-state index contributed by atoms with van der Waals surface area (Å²) in [4.78, 5) is 0. The maximum Gasteiger partial charge on any atom is 0.0183 e. The molecule has 0 amide bonds. The molecule has 0 bridgehead atoms. The molecule has 0 aromatic heterocycles. The summed E-state index contributed by atoms with van der Waals surface area (Å²) in [6.45, 7) is 4.60. The fourth-order valence-electron chi connectivity index (χ4n) is 2.17. The van der Waals surface area contributed by atoms with Crippen LogP contribution in [0.1, 0.15) is 90.9 Å². The van der Waals surface area contributed by atoms with Crippen LogP contribution >= 0.6 is 0 Å². The third-order valence-electron chi connectivity index (χ3n) is 3.49. The first-order chi connectivity index (χ1) is 9.41. The zero-order valence-corrected chi connectivity index (χ0v) is 16.4. The van der Waals surface area contributed by atoms with Gasteiger partial charge in [0.1, 0.15) is 0 Å². The first kappa shape index (κ1) is 19.7. The summed E-state index contributed by atoms with van der Waals surface area (Å²) in [6.07, 6.45) is 17.6. The molecule has 0 aromatic carbocycles. The number of rotatable bonds is 16. The van der Waals surface area contributed by atoms with E-state index < -0.39 is 0 Å². The van der Waals surface area contributed by atoms with Gasteiger partial charge in [0.2, 0.25) is 0 Å². The lowest BCUT2D eigenvalue weighted by Crippen LogP contribution is -2.11. The van der Waals surface area contributed by atoms with Crippen molar-refractivity contribution in [2.75, 3.05) is 0 Å². The topological polar surface area (TPSA) is 0 Å². The van der Waals surface area contributed by atoms with Crippen LogP contribution in [0.25, 0.3) is 0 Å². The van der Waals surface area contributed by atoms with E-state index in [9.17, 15) is 0 Å². The second-order valence-corrected chi connectivity index (χ2v) is 12.6. The van der Waals surface area contributed by atoms with Gasteiger partial charge < -0.3 is 0 Å². The largest absolute Gasteiger partial charge is 0.0654 e. The highest BCUT2D eigenvalue weighted by atomic mass is 29.5. The van der Waals surface area contributed by atoms with Crippen molar-refractivity contribution < 1.29 is 0 Å². The highest BCUT2D eigenvalue weighted by Crippen LogP contribution is 2.07. The Morgan fingerprint density at radius 3 is 1.26 bits per heavy atom. The lowest BCUT2D eigenvalue weighted by molar-refractivity contribution is 0.624. The van der Waals surface area contributed by atoms with E-state index in [-0.39, 0.29) is 0 Å². The SMILES string of the molecule is CCCCCCCC[Si][Si][Si]CCCCCCCC. The molecule has 0 unspecified atom stereocenters. The van der Waals surface area contributed by atoms with Gasteiger partial charge in [-0.2, -0.15) is 0 Å².